The number of benzene rings is 1. The van der Waals surface area contributed by atoms with Gasteiger partial charge in [0.15, 0.2) is 12.2 Å². The number of hydrogen-bond acceptors (Lipinski definition) is 11. The molecule has 0 N–H and O–H groups in total. The molecular weight excluding hydrogens is 450 g/mol. The van der Waals surface area contributed by atoms with Gasteiger partial charge in [0.05, 0.1) is 18.8 Å². The summed E-state index contributed by atoms with van der Waals surface area (Å²) in [5.41, 5.74) is 0.798. The molecule has 3 saturated heterocycles. The molecule has 0 saturated carbocycles. The van der Waals surface area contributed by atoms with Gasteiger partial charge in [0, 0.05) is 24.6 Å². The number of nitrogens with zero attached hydrogens (tertiary/aromatic N) is 3. The van der Waals surface area contributed by atoms with Gasteiger partial charge in [-0.15, -0.1) is 8.75 Å². The van der Waals surface area contributed by atoms with Gasteiger partial charge in [-0.2, -0.15) is 0 Å². The van der Waals surface area contributed by atoms with Gasteiger partial charge >= 0.3 is 17.8 Å². The molecule has 2 aromatic rings. The highest BCUT2D eigenvalue weighted by atomic mass is 32.1. The first-order valence-electron chi connectivity index (χ1n) is 10.5. The number of carbonyl (C=O) groups excluding carboxylic acids is 2. The van der Waals surface area contributed by atoms with Crippen molar-refractivity contribution in [3.8, 4) is 29.4 Å². The molecule has 3 aliphatic rings. The van der Waals surface area contributed by atoms with E-state index in [0.717, 1.165) is 29.5 Å². The van der Waals surface area contributed by atoms with Crippen LogP contribution in [0.25, 0.3) is 0 Å². The molecule has 4 heterocycles. The van der Waals surface area contributed by atoms with Crippen LogP contribution in [-0.4, -0.2) is 63.9 Å². The summed E-state index contributed by atoms with van der Waals surface area (Å²) in [6.07, 6.45) is 0.240. The highest BCUT2D eigenvalue weighted by molar-refractivity contribution is 6.99. The van der Waals surface area contributed by atoms with E-state index < -0.39 is 30.1 Å². The van der Waals surface area contributed by atoms with Gasteiger partial charge in [-0.3, -0.25) is 0 Å². The number of methoxy groups -OCH3 is 1. The van der Waals surface area contributed by atoms with E-state index in [9.17, 15) is 9.59 Å². The fourth-order valence-electron chi connectivity index (χ4n) is 4.23. The van der Waals surface area contributed by atoms with Crippen LogP contribution in [0.1, 0.15) is 25.3 Å². The summed E-state index contributed by atoms with van der Waals surface area (Å²) in [6.45, 7) is 3.17. The lowest BCUT2D eigenvalue weighted by atomic mass is 9.99. The third kappa shape index (κ3) is 3.85. The van der Waals surface area contributed by atoms with Crippen LogP contribution in [0.3, 0.4) is 0 Å². The number of esters is 2. The number of hydrogen-bond donors (Lipinski definition) is 0. The topological polar surface area (TPSA) is 109 Å². The third-order valence-corrected chi connectivity index (χ3v) is 6.33. The Hall–Kier alpha value is -3.36. The van der Waals surface area contributed by atoms with Gasteiger partial charge < -0.3 is 23.7 Å². The van der Waals surface area contributed by atoms with E-state index in [-0.39, 0.29) is 17.7 Å². The Labute approximate surface area is 194 Å². The highest BCUT2D eigenvalue weighted by Gasteiger charge is 2.69. The van der Waals surface area contributed by atoms with Crippen molar-refractivity contribution in [2.24, 2.45) is 5.92 Å². The van der Waals surface area contributed by atoms with E-state index in [4.69, 9.17) is 23.7 Å². The van der Waals surface area contributed by atoms with Crippen LogP contribution < -0.4 is 14.2 Å². The fraction of sp³-hybridized carbons (Fsp3) is 0.455. The number of ether oxygens (including phenoxy) is 5. The van der Waals surface area contributed by atoms with E-state index in [1.165, 1.54) is 0 Å². The third-order valence-electron chi connectivity index (χ3n) is 5.84. The Kier molecular flexibility index (Phi) is 5.55. The van der Waals surface area contributed by atoms with Gasteiger partial charge in [0.1, 0.15) is 5.75 Å². The lowest BCUT2D eigenvalue weighted by Gasteiger charge is -2.36. The maximum Gasteiger partial charge on any atom is 0.422 e. The zero-order valence-electron chi connectivity index (χ0n) is 18.0. The van der Waals surface area contributed by atoms with E-state index in [1.807, 2.05) is 31.2 Å². The molecule has 0 aliphatic carbocycles. The van der Waals surface area contributed by atoms with Crippen LogP contribution >= 0.6 is 11.7 Å². The largest absolute Gasteiger partial charge is 0.497 e. The SMILES string of the molecule is CCC(C#Cc1cccc(OC)c1)Oc1nsnc1OC1C2CCN(C2)C12OC(=O)C(=O)O2. The molecule has 172 valence electrons. The first-order chi connectivity index (χ1) is 16.0. The molecule has 1 aromatic heterocycles. The van der Waals surface area contributed by atoms with Crippen molar-refractivity contribution < 1.29 is 33.3 Å². The van der Waals surface area contributed by atoms with Crippen molar-refractivity contribution in [2.45, 2.75) is 37.9 Å². The Morgan fingerprint density at radius 2 is 2.06 bits per heavy atom. The Bertz CT molecular complexity index is 1120. The lowest BCUT2D eigenvalue weighted by Crippen LogP contribution is -2.57. The standard InChI is InChI=1S/C22H21N3O7S/c1-3-15(8-7-13-5-4-6-16(11-13)28-2)29-18-19(24-33-23-18)30-17-14-9-10-25(12-14)22(17)31-20(26)21(27)32-22/h4-6,11,14-15,17H,3,9-10,12H2,1-2H3. The fourth-order valence-corrected chi connectivity index (χ4v) is 4.66. The molecule has 4 atom stereocenters. The molecule has 11 heteroatoms. The van der Waals surface area contributed by atoms with E-state index >= 15 is 0 Å². The molecule has 3 fully saturated rings. The van der Waals surface area contributed by atoms with Gasteiger partial charge in [0.2, 0.25) is 0 Å². The number of aromatic nitrogens is 2. The minimum absolute atomic E-state index is 0.00748. The summed E-state index contributed by atoms with van der Waals surface area (Å²) in [5.74, 6) is 3.63. The van der Waals surface area contributed by atoms with Crippen molar-refractivity contribution in [3.63, 3.8) is 0 Å². The number of carbonyl (C=O) groups is 2. The maximum absolute atomic E-state index is 11.8. The van der Waals surface area contributed by atoms with Crippen molar-refractivity contribution >= 4 is 23.7 Å². The second-order valence-electron chi connectivity index (χ2n) is 7.83. The van der Waals surface area contributed by atoms with Crippen LogP contribution in [0.5, 0.6) is 17.5 Å². The van der Waals surface area contributed by atoms with Gasteiger partial charge in [0.25, 0.3) is 11.8 Å². The van der Waals surface area contributed by atoms with Crippen LogP contribution in [0.4, 0.5) is 0 Å². The van der Waals surface area contributed by atoms with Crippen LogP contribution in [-0.2, 0) is 19.1 Å². The van der Waals surface area contributed by atoms with E-state index in [1.54, 1.807) is 12.0 Å². The Balaban J connectivity index is 1.33. The zero-order valence-corrected chi connectivity index (χ0v) is 18.8. The van der Waals surface area contributed by atoms with Crippen LogP contribution in [0.2, 0.25) is 0 Å². The summed E-state index contributed by atoms with van der Waals surface area (Å²) in [4.78, 5) is 25.4. The molecule has 4 unspecified atom stereocenters. The second-order valence-corrected chi connectivity index (χ2v) is 8.36. The van der Waals surface area contributed by atoms with Crippen molar-refractivity contribution in [2.75, 3.05) is 20.2 Å². The number of piperidine rings is 1. The average Bonchev–Trinajstić information content (AvgIpc) is 3.59. The molecule has 1 spiro atoms. The van der Waals surface area contributed by atoms with Crippen molar-refractivity contribution in [3.05, 3.63) is 29.8 Å². The van der Waals surface area contributed by atoms with Crippen molar-refractivity contribution in [1.29, 1.82) is 0 Å². The molecule has 0 amide bonds. The van der Waals surface area contributed by atoms with Crippen LogP contribution in [0, 0.1) is 17.8 Å². The van der Waals surface area contributed by atoms with E-state index in [2.05, 4.69) is 20.6 Å². The minimum Gasteiger partial charge on any atom is -0.497 e. The predicted octanol–water partition coefficient (Wildman–Crippen LogP) is 1.59. The average molecular weight is 471 g/mol. The molecule has 3 aliphatic heterocycles. The smallest absolute Gasteiger partial charge is 0.422 e. The summed E-state index contributed by atoms with van der Waals surface area (Å²) >= 11 is 0.930. The quantitative estimate of drug-likeness (QED) is 0.350. The lowest BCUT2D eigenvalue weighted by molar-refractivity contribution is -0.273. The predicted molar refractivity (Wildman–Crippen MR) is 113 cm³/mol. The summed E-state index contributed by atoms with van der Waals surface area (Å²) in [7, 11) is 1.60. The number of rotatable bonds is 6. The maximum atomic E-state index is 11.8. The van der Waals surface area contributed by atoms with Gasteiger partial charge in [-0.25, -0.2) is 14.5 Å². The molecular formula is C22H21N3O7S. The highest BCUT2D eigenvalue weighted by Crippen LogP contribution is 2.47. The van der Waals surface area contributed by atoms with E-state index in [0.29, 0.717) is 19.5 Å². The van der Waals surface area contributed by atoms with Gasteiger partial charge in [-0.1, -0.05) is 24.8 Å². The molecule has 1 aromatic carbocycles. The normalized spacial score (nSPS) is 25.2. The first-order valence-corrected chi connectivity index (χ1v) is 11.3. The minimum atomic E-state index is -1.56. The van der Waals surface area contributed by atoms with Crippen LogP contribution in [0.15, 0.2) is 24.3 Å². The Morgan fingerprint density at radius 3 is 2.82 bits per heavy atom. The first kappa shape index (κ1) is 21.5. The van der Waals surface area contributed by atoms with Gasteiger partial charge in [-0.05, 0) is 31.0 Å². The molecule has 33 heavy (non-hydrogen) atoms. The molecule has 0 radical (unpaired) electrons. The Morgan fingerprint density at radius 1 is 1.27 bits per heavy atom. The summed E-state index contributed by atoms with van der Waals surface area (Å²) in [6, 6.07) is 7.44. The molecule has 5 rings (SSSR count). The molecule has 10 nitrogen and oxygen atoms in total. The zero-order chi connectivity index (χ0) is 23.0. The summed E-state index contributed by atoms with van der Waals surface area (Å²) < 4.78 is 36.4. The second kappa shape index (κ2) is 8.53. The summed E-state index contributed by atoms with van der Waals surface area (Å²) in [5, 5.41) is 0. The monoisotopic (exact) mass is 471 g/mol. The molecule has 2 bridgehead atoms. The van der Waals surface area contributed by atoms with Crippen molar-refractivity contribution in [1.82, 2.24) is 13.6 Å². The number of fused-ring (bicyclic) bond motifs is 3.